The van der Waals surface area contributed by atoms with Gasteiger partial charge in [0.05, 0.1) is 45.3 Å². The molecular formula is C24H30Cl4N8O. The van der Waals surface area contributed by atoms with Gasteiger partial charge in [-0.2, -0.15) is 0 Å². The van der Waals surface area contributed by atoms with E-state index in [0.717, 1.165) is 11.1 Å². The summed E-state index contributed by atoms with van der Waals surface area (Å²) in [7, 11) is 0. The molecule has 0 aliphatic heterocycles. The van der Waals surface area contributed by atoms with Gasteiger partial charge in [-0.1, -0.05) is 60.7 Å². The summed E-state index contributed by atoms with van der Waals surface area (Å²) in [5.41, 5.74) is 53.6. The Morgan fingerprint density at radius 1 is 0.351 bits per heavy atom. The van der Waals surface area contributed by atoms with Crippen LogP contribution >= 0.6 is 49.6 Å². The van der Waals surface area contributed by atoms with Crippen LogP contribution in [-0.2, 0) is 0 Å². The highest BCUT2D eigenvalue weighted by molar-refractivity contribution is 6.04. The molecule has 0 saturated heterocycles. The fourth-order valence-electron chi connectivity index (χ4n) is 3.71. The molecule has 4 aromatic carbocycles. The van der Waals surface area contributed by atoms with E-state index in [2.05, 4.69) is 0 Å². The van der Waals surface area contributed by atoms with E-state index in [9.17, 15) is 0 Å². The van der Waals surface area contributed by atoms with Crippen molar-refractivity contribution in [2.24, 2.45) is 0 Å². The molecule has 0 heterocycles. The van der Waals surface area contributed by atoms with Gasteiger partial charge in [-0.25, -0.2) is 0 Å². The summed E-state index contributed by atoms with van der Waals surface area (Å²) in [4.78, 5) is 0. The fraction of sp³-hybridized carbons (Fsp3) is 0. The summed E-state index contributed by atoms with van der Waals surface area (Å²) in [5, 5.41) is 0. The Bertz CT molecular complexity index is 1270. The maximum atomic E-state index is 6.37. The maximum Gasteiger partial charge on any atom is 0.162 e. The summed E-state index contributed by atoms with van der Waals surface area (Å²) >= 11 is 0. The molecule has 0 bridgehead atoms. The number of nitrogens with two attached hydrogens (primary N) is 8. The van der Waals surface area contributed by atoms with Crippen LogP contribution in [0.5, 0.6) is 11.5 Å². The van der Waals surface area contributed by atoms with Crippen molar-refractivity contribution >= 4 is 95.1 Å². The first-order valence-electron chi connectivity index (χ1n) is 10.0. The second-order valence-corrected chi connectivity index (χ2v) is 7.55. The fourth-order valence-corrected chi connectivity index (χ4v) is 3.71. The highest BCUT2D eigenvalue weighted by Gasteiger charge is 2.26. The van der Waals surface area contributed by atoms with Crippen molar-refractivity contribution < 1.29 is 4.74 Å². The molecule has 0 fully saturated rings. The van der Waals surface area contributed by atoms with E-state index in [0.29, 0.717) is 11.1 Å². The zero-order chi connectivity index (χ0) is 23.9. The van der Waals surface area contributed by atoms with Gasteiger partial charge in [0.2, 0.25) is 0 Å². The number of hydrogen-bond acceptors (Lipinski definition) is 9. The molecule has 0 radical (unpaired) electrons. The standard InChI is InChI=1S/C24H26N8O.4ClH/c25-15-13(11-7-3-1-4-8-11)23(21(31)19(29)17(15)27)33-24-14(12-9-5-2-6-10-12)16(26)18(28)20(30)22(24)32;;;;/h1-10H,25-32H2;4*1H. The van der Waals surface area contributed by atoms with E-state index < -0.39 is 0 Å². The third-order valence-corrected chi connectivity index (χ3v) is 5.55. The van der Waals surface area contributed by atoms with Gasteiger partial charge in [0, 0.05) is 0 Å². The molecule has 4 rings (SSSR count). The second-order valence-electron chi connectivity index (χ2n) is 7.55. The van der Waals surface area contributed by atoms with E-state index in [-0.39, 0.29) is 107 Å². The minimum Gasteiger partial charge on any atom is -0.451 e. The van der Waals surface area contributed by atoms with Crippen LogP contribution in [0, 0.1) is 0 Å². The summed E-state index contributed by atoms with van der Waals surface area (Å²) in [6, 6.07) is 18.5. The Labute approximate surface area is 239 Å². The van der Waals surface area contributed by atoms with E-state index in [1.54, 1.807) is 0 Å². The van der Waals surface area contributed by atoms with E-state index in [4.69, 9.17) is 50.6 Å². The molecule has 9 nitrogen and oxygen atoms in total. The van der Waals surface area contributed by atoms with Crippen molar-refractivity contribution in [2.45, 2.75) is 0 Å². The molecule has 0 saturated carbocycles. The lowest BCUT2D eigenvalue weighted by Crippen LogP contribution is -2.11. The van der Waals surface area contributed by atoms with Gasteiger partial charge in [0.15, 0.2) is 11.5 Å². The predicted molar refractivity (Wildman–Crippen MR) is 168 cm³/mol. The summed E-state index contributed by atoms with van der Waals surface area (Å²) in [6.07, 6.45) is 0. The van der Waals surface area contributed by atoms with Crippen molar-refractivity contribution in [2.75, 3.05) is 45.9 Å². The number of nitrogen functional groups attached to an aromatic ring is 8. The quantitative estimate of drug-likeness (QED) is 0.148. The normalized spacial score (nSPS) is 9.62. The van der Waals surface area contributed by atoms with E-state index in [1.165, 1.54) is 0 Å². The number of ether oxygens (including phenoxy) is 1. The molecule has 4 aromatic rings. The molecular weight excluding hydrogens is 558 g/mol. The van der Waals surface area contributed by atoms with Gasteiger partial charge in [-0.05, 0) is 11.1 Å². The molecule has 13 heteroatoms. The molecule has 0 aliphatic rings. The van der Waals surface area contributed by atoms with Crippen LogP contribution in [0.25, 0.3) is 22.3 Å². The summed E-state index contributed by atoms with van der Waals surface area (Å²) in [6.45, 7) is 0. The number of halogens is 4. The molecule has 0 unspecified atom stereocenters. The minimum absolute atomic E-state index is 0. The van der Waals surface area contributed by atoms with Crippen LogP contribution in [0.1, 0.15) is 0 Å². The zero-order valence-electron chi connectivity index (χ0n) is 19.4. The number of hydrogen-bond donors (Lipinski definition) is 8. The maximum absolute atomic E-state index is 6.37. The van der Waals surface area contributed by atoms with Gasteiger partial charge < -0.3 is 50.6 Å². The minimum atomic E-state index is 0. The molecule has 0 spiro atoms. The number of benzene rings is 4. The lowest BCUT2D eigenvalue weighted by atomic mass is 9.97. The Hall–Kier alpha value is -3.76. The van der Waals surface area contributed by atoms with Crippen molar-refractivity contribution in [1.82, 2.24) is 0 Å². The first-order valence-corrected chi connectivity index (χ1v) is 10.0. The topological polar surface area (TPSA) is 217 Å². The van der Waals surface area contributed by atoms with Crippen LogP contribution in [0.3, 0.4) is 0 Å². The molecule has 16 N–H and O–H groups in total. The average molecular weight is 588 g/mol. The third kappa shape index (κ3) is 5.65. The van der Waals surface area contributed by atoms with Gasteiger partial charge in [0.1, 0.15) is 11.4 Å². The van der Waals surface area contributed by atoms with Crippen LogP contribution in [0.2, 0.25) is 0 Å². The van der Waals surface area contributed by atoms with Crippen LogP contribution in [-0.4, -0.2) is 0 Å². The number of rotatable bonds is 4. The molecule has 0 atom stereocenters. The lowest BCUT2D eigenvalue weighted by Gasteiger charge is -2.24. The Morgan fingerprint density at radius 3 is 0.919 bits per heavy atom. The molecule has 0 amide bonds. The van der Waals surface area contributed by atoms with Crippen molar-refractivity contribution in [3.63, 3.8) is 0 Å². The highest BCUT2D eigenvalue weighted by Crippen LogP contribution is 2.53. The first-order chi connectivity index (χ1) is 15.7. The van der Waals surface area contributed by atoms with Gasteiger partial charge >= 0.3 is 0 Å². The molecule has 200 valence electrons. The Morgan fingerprint density at radius 2 is 0.622 bits per heavy atom. The predicted octanol–water partition coefficient (Wildman–Crippen LogP) is 5.16. The van der Waals surface area contributed by atoms with E-state index >= 15 is 0 Å². The Balaban J connectivity index is 0.00000324. The molecule has 37 heavy (non-hydrogen) atoms. The van der Waals surface area contributed by atoms with Crippen molar-refractivity contribution in [3.05, 3.63) is 60.7 Å². The number of anilines is 8. The average Bonchev–Trinajstić information content (AvgIpc) is 2.84. The van der Waals surface area contributed by atoms with E-state index in [1.807, 2.05) is 60.7 Å². The zero-order valence-corrected chi connectivity index (χ0v) is 22.7. The van der Waals surface area contributed by atoms with Crippen molar-refractivity contribution in [3.8, 4) is 33.8 Å². The van der Waals surface area contributed by atoms with Crippen LogP contribution in [0.4, 0.5) is 45.5 Å². The SMILES string of the molecule is Cl.Cl.Cl.Cl.Nc1c(N)c(N)c(-c2ccccc2)c(Oc2c(N)c(N)c(N)c(N)c2-c2ccccc2)c1N. The summed E-state index contributed by atoms with van der Waals surface area (Å²) < 4.78 is 6.36. The molecule has 0 aliphatic carbocycles. The van der Waals surface area contributed by atoms with Crippen LogP contribution in [0.15, 0.2) is 60.7 Å². The Kier molecular flexibility index (Phi) is 11.7. The van der Waals surface area contributed by atoms with Gasteiger partial charge in [-0.3, -0.25) is 0 Å². The molecule has 0 aromatic heterocycles. The van der Waals surface area contributed by atoms with Gasteiger partial charge in [0.25, 0.3) is 0 Å². The van der Waals surface area contributed by atoms with Crippen LogP contribution < -0.4 is 50.6 Å². The van der Waals surface area contributed by atoms with Crippen molar-refractivity contribution in [1.29, 1.82) is 0 Å². The smallest absolute Gasteiger partial charge is 0.162 e. The third-order valence-electron chi connectivity index (χ3n) is 5.55. The largest absolute Gasteiger partial charge is 0.451 e. The summed E-state index contributed by atoms with van der Waals surface area (Å²) in [5.74, 6) is 0.357. The van der Waals surface area contributed by atoms with Gasteiger partial charge in [-0.15, -0.1) is 49.6 Å². The first kappa shape index (κ1) is 33.2. The highest BCUT2D eigenvalue weighted by atomic mass is 35.5. The monoisotopic (exact) mass is 586 g/mol. The lowest BCUT2D eigenvalue weighted by molar-refractivity contribution is 0.492. The second kappa shape index (κ2) is 13.0.